The van der Waals surface area contributed by atoms with E-state index in [-0.39, 0.29) is 12.5 Å². The molecule has 0 aliphatic heterocycles. The van der Waals surface area contributed by atoms with E-state index in [1.807, 2.05) is 12.1 Å². The van der Waals surface area contributed by atoms with Crippen LogP contribution in [0.2, 0.25) is 5.02 Å². The molecule has 0 saturated heterocycles. The maximum Gasteiger partial charge on any atom is 0.234 e. The zero-order chi connectivity index (χ0) is 11.1. The quantitative estimate of drug-likeness (QED) is 0.727. The Kier molecular flexibility index (Phi) is 4.69. The Labute approximate surface area is 93.6 Å². The molecule has 0 aromatic heterocycles. The van der Waals surface area contributed by atoms with Crippen molar-refractivity contribution >= 4 is 17.5 Å². The standard InChI is InChI=1S/C11H11ClN2O/c12-10-5-1-3-9(7-10)4-2-6-14-11(15)8-13/h1,3,5,7H,6,8,13H2,(H,14,15). The fourth-order valence-electron chi connectivity index (χ4n) is 0.927. The van der Waals surface area contributed by atoms with Gasteiger partial charge in [-0.2, -0.15) is 0 Å². The maximum atomic E-state index is 10.8. The first-order valence-electron chi connectivity index (χ1n) is 4.43. The van der Waals surface area contributed by atoms with Crippen LogP contribution in [0.3, 0.4) is 0 Å². The molecule has 3 N–H and O–H groups in total. The van der Waals surface area contributed by atoms with E-state index < -0.39 is 0 Å². The fourth-order valence-corrected chi connectivity index (χ4v) is 1.12. The number of halogens is 1. The van der Waals surface area contributed by atoms with Gasteiger partial charge in [0.15, 0.2) is 0 Å². The summed E-state index contributed by atoms with van der Waals surface area (Å²) in [6, 6.07) is 7.22. The van der Waals surface area contributed by atoms with Crippen LogP contribution in [0, 0.1) is 11.8 Å². The summed E-state index contributed by atoms with van der Waals surface area (Å²) in [5.74, 6) is 5.46. The summed E-state index contributed by atoms with van der Waals surface area (Å²) in [5.41, 5.74) is 5.93. The van der Waals surface area contributed by atoms with Gasteiger partial charge in [0.25, 0.3) is 0 Å². The van der Waals surface area contributed by atoms with Gasteiger partial charge < -0.3 is 11.1 Å². The summed E-state index contributed by atoms with van der Waals surface area (Å²) in [5, 5.41) is 3.19. The van der Waals surface area contributed by atoms with Crippen molar-refractivity contribution in [2.75, 3.05) is 13.1 Å². The Morgan fingerprint density at radius 1 is 1.53 bits per heavy atom. The number of hydrogen-bond acceptors (Lipinski definition) is 2. The number of carbonyl (C=O) groups excluding carboxylic acids is 1. The second kappa shape index (κ2) is 6.07. The number of rotatable bonds is 2. The number of benzene rings is 1. The lowest BCUT2D eigenvalue weighted by Crippen LogP contribution is -2.30. The largest absolute Gasteiger partial charge is 0.344 e. The lowest BCUT2D eigenvalue weighted by Gasteiger charge is -1.95. The minimum atomic E-state index is -0.213. The van der Waals surface area contributed by atoms with Crippen molar-refractivity contribution in [1.29, 1.82) is 0 Å². The van der Waals surface area contributed by atoms with Gasteiger partial charge in [-0.3, -0.25) is 4.79 Å². The fraction of sp³-hybridized carbons (Fsp3) is 0.182. The van der Waals surface area contributed by atoms with Crippen LogP contribution in [0.1, 0.15) is 5.56 Å². The van der Waals surface area contributed by atoms with Crippen molar-refractivity contribution in [2.24, 2.45) is 5.73 Å². The smallest absolute Gasteiger partial charge is 0.234 e. The molecule has 78 valence electrons. The number of nitrogens with two attached hydrogens (primary N) is 1. The summed E-state index contributed by atoms with van der Waals surface area (Å²) in [6.45, 7) is 0.279. The molecule has 0 atom stereocenters. The van der Waals surface area contributed by atoms with Crippen molar-refractivity contribution in [3.63, 3.8) is 0 Å². The third kappa shape index (κ3) is 4.50. The van der Waals surface area contributed by atoms with Crippen LogP contribution in [0.25, 0.3) is 0 Å². The Bertz CT molecular complexity index is 407. The average molecular weight is 223 g/mol. The van der Waals surface area contributed by atoms with Crippen LogP contribution in [0.4, 0.5) is 0 Å². The molecule has 0 unspecified atom stereocenters. The minimum absolute atomic E-state index is 0.0150. The predicted octanol–water partition coefficient (Wildman–Crippen LogP) is 0.766. The minimum Gasteiger partial charge on any atom is -0.344 e. The molecule has 1 aromatic carbocycles. The lowest BCUT2D eigenvalue weighted by molar-refractivity contribution is -0.119. The van der Waals surface area contributed by atoms with E-state index in [1.165, 1.54) is 0 Å². The number of hydrogen-bond donors (Lipinski definition) is 2. The zero-order valence-electron chi connectivity index (χ0n) is 8.09. The van der Waals surface area contributed by atoms with Crippen LogP contribution in [0.15, 0.2) is 24.3 Å². The molecule has 0 saturated carbocycles. The molecule has 0 bridgehead atoms. The van der Waals surface area contributed by atoms with E-state index in [4.69, 9.17) is 17.3 Å². The molecule has 0 spiro atoms. The van der Waals surface area contributed by atoms with E-state index in [1.54, 1.807) is 12.1 Å². The topological polar surface area (TPSA) is 55.1 Å². The molecule has 0 aliphatic rings. The lowest BCUT2D eigenvalue weighted by atomic mass is 10.2. The normalized spacial score (nSPS) is 8.93. The van der Waals surface area contributed by atoms with Crippen molar-refractivity contribution in [3.05, 3.63) is 34.9 Å². The maximum absolute atomic E-state index is 10.8. The van der Waals surface area contributed by atoms with Crippen molar-refractivity contribution in [1.82, 2.24) is 5.32 Å². The third-order valence-electron chi connectivity index (χ3n) is 1.62. The second-order valence-electron chi connectivity index (χ2n) is 2.79. The van der Waals surface area contributed by atoms with Crippen LogP contribution in [-0.4, -0.2) is 19.0 Å². The first-order chi connectivity index (χ1) is 7.22. The first-order valence-corrected chi connectivity index (χ1v) is 4.81. The molecule has 0 fully saturated rings. The van der Waals surface area contributed by atoms with Crippen LogP contribution < -0.4 is 11.1 Å². The van der Waals surface area contributed by atoms with Gasteiger partial charge in [-0.15, -0.1) is 0 Å². The van der Waals surface area contributed by atoms with Gasteiger partial charge in [0.2, 0.25) is 5.91 Å². The summed E-state index contributed by atoms with van der Waals surface area (Å²) in [4.78, 5) is 10.8. The van der Waals surface area contributed by atoms with Gasteiger partial charge in [-0.05, 0) is 18.2 Å². The van der Waals surface area contributed by atoms with E-state index >= 15 is 0 Å². The monoisotopic (exact) mass is 222 g/mol. The first kappa shape index (κ1) is 11.6. The number of amides is 1. The highest BCUT2D eigenvalue weighted by molar-refractivity contribution is 6.30. The van der Waals surface area contributed by atoms with Crippen LogP contribution >= 0.6 is 11.6 Å². The molecule has 1 aromatic rings. The molecule has 0 radical (unpaired) electrons. The van der Waals surface area contributed by atoms with E-state index in [9.17, 15) is 4.79 Å². The molecule has 0 heterocycles. The molecule has 1 rings (SSSR count). The predicted molar refractivity (Wildman–Crippen MR) is 60.4 cm³/mol. The summed E-state index contributed by atoms with van der Waals surface area (Å²) < 4.78 is 0. The second-order valence-corrected chi connectivity index (χ2v) is 3.23. The summed E-state index contributed by atoms with van der Waals surface area (Å²) >= 11 is 5.78. The van der Waals surface area contributed by atoms with Gasteiger partial charge in [0.05, 0.1) is 13.1 Å². The highest BCUT2D eigenvalue weighted by Crippen LogP contribution is 2.08. The molecular formula is C11H11ClN2O. The summed E-state index contributed by atoms with van der Waals surface area (Å²) in [7, 11) is 0. The molecule has 4 heteroatoms. The van der Waals surface area contributed by atoms with E-state index in [2.05, 4.69) is 17.2 Å². The van der Waals surface area contributed by atoms with Crippen molar-refractivity contribution < 1.29 is 4.79 Å². The Morgan fingerprint density at radius 3 is 3.00 bits per heavy atom. The molecule has 1 amide bonds. The van der Waals surface area contributed by atoms with Crippen LogP contribution in [0.5, 0.6) is 0 Å². The molecule has 0 aliphatic carbocycles. The Balaban J connectivity index is 2.48. The average Bonchev–Trinajstić information content (AvgIpc) is 2.24. The number of carbonyl (C=O) groups is 1. The van der Waals surface area contributed by atoms with E-state index in [0.717, 1.165) is 5.56 Å². The van der Waals surface area contributed by atoms with Gasteiger partial charge in [-0.1, -0.05) is 29.5 Å². The third-order valence-corrected chi connectivity index (χ3v) is 1.85. The van der Waals surface area contributed by atoms with E-state index in [0.29, 0.717) is 11.6 Å². The Morgan fingerprint density at radius 2 is 2.33 bits per heavy atom. The van der Waals surface area contributed by atoms with Gasteiger partial charge in [0, 0.05) is 10.6 Å². The van der Waals surface area contributed by atoms with Crippen LogP contribution in [-0.2, 0) is 4.79 Å². The Hall–Kier alpha value is -1.50. The summed E-state index contributed by atoms with van der Waals surface area (Å²) in [6.07, 6.45) is 0. The molecule has 3 nitrogen and oxygen atoms in total. The molecule has 15 heavy (non-hydrogen) atoms. The van der Waals surface area contributed by atoms with Gasteiger partial charge in [-0.25, -0.2) is 0 Å². The zero-order valence-corrected chi connectivity index (χ0v) is 8.84. The van der Waals surface area contributed by atoms with Crippen molar-refractivity contribution in [3.8, 4) is 11.8 Å². The number of nitrogens with one attached hydrogen (secondary N) is 1. The van der Waals surface area contributed by atoms with Gasteiger partial charge in [0.1, 0.15) is 0 Å². The van der Waals surface area contributed by atoms with Crippen molar-refractivity contribution in [2.45, 2.75) is 0 Å². The SMILES string of the molecule is NCC(=O)NCC#Cc1cccc(Cl)c1. The van der Waals surface area contributed by atoms with Gasteiger partial charge >= 0.3 is 0 Å². The molecular weight excluding hydrogens is 212 g/mol. The highest BCUT2D eigenvalue weighted by Gasteiger charge is 1.92. The highest BCUT2D eigenvalue weighted by atomic mass is 35.5.